The first-order valence-electron chi connectivity index (χ1n) is 9.18. The van der Waals surface area contributed by atoms with Crippen molar-refractivity contribution in [2.75, 3.05) is 0 Å². The Balaban J connectivity index is 1.63. The van der Waals surface area contributed by atoms with Crippen LogP contribution >= 0.6 is 0 Å². The SMILES string of the molecule is CC(O)CCC/C=C/c1ccc(-c2ncc(-c3ccc(O)cc3)cn2)cc1. The zero-order valence-electron chi connectivity index (χ0n) is 15.4. The monoisotopic (exact) mass is 360 g/mol. The summed E-state index contributed by atoms with van der Waals surface area (Å²) in [6.07, 6.45) is 10.4. The van der Waals surface area contributed by atoms with Crippen molar-refractivity contribution < 1.29 is 10.2 Å². The molecule has 0 aliphatic heterocycles. The minimum atomic E-state index is -0.224. The van der Waals surface area contributed by atoms with E-state index >= 15 is 0 Å². The third-order valence-electron chi connectivity index (χ3n) is 4.32. The number of phenolic OH excluding ortho intramolecular Hbond substituents is 1. The van der Waals surface area contributed by atoms with Crippen LogP contribution in [0.2, 0.25) is 0 Å². The summed E-state index contributed by atoms with van der Waals surface area (Å²) in [5, 5.41) is 18.6. The molecule has 27 heavy (non-hydrogen) atoms. The molecule has 0 bridgehead atoms. The number of hydrogen-bond donors (Lipinski definition) is 2. The zero-order valence-corrected chi connectivity index (χ0v) is 15.4. The highest BCUT2D eigenvalue weighted by molar-refractivity contribution is 5.65. The van der Waals surface area contributed by atoms with Gasteiger partial charge in [-0.25, -0.2) is 9.97 Å². The largest absolute Gasteiger partial charge is 0.508 e. The van der Waals surface area contributed by atoms with E-state index in [2.05, 4.69) is 34.3 Å². The first-order chi connectivity index (χ1) is 13.1. The topological polar surface area (TPSA) is 66.2 Å². The van der Waals surface area contributed by atoms with Crippen molar-refractivity contribution in [3.8, 4) is 28.3 Å². The van der Waals surface area contributed by atoms with Gasteiger partial charge in [0, 0.05) is 23.5 Å². The molecule has 138 valence electrons. The first kappa shape index (κ1) is 18.8. The fourth-order valence-corrected chi connectivity index (χ4v) is 2.77. The maximum absolute atomic E-state index is 9.38. The van der Waals surface area contributed by atoms with Crippen LogP contribution in [-0.4, -0.2) is 26.3 Å². The Morgan fingerprint density at radius 2 is 1.52 bits per heavy atom. The molecule has 0 saturated heterocycles. The summed E-state index contributed by atoms with van der Waals surface area (Å²) >= 11 is 0. The molecule has 0 fully saturated rings. The summed E-state index contributed by atoms with van der Waals surface area (Å²) in [6, 6.07) is 15.1. The molecule has 1 aromatic heterocycles. The van der Waals surface area contributed by atoms with Gasteiger partial charge < -0.3 is 10.2 Å². The Bertz CT molecular complexity index is 868. The van der Waals surface area contributed by atoms with E-state index in [1.165, 1.54) is 0 Å². The van der Waals surface area contributed by atoms with Crippen LogP contribution in [0.1, 0.15) is 31.7 Å². The van der Waals surface area contributed by atoms with E-state index in [-0.39, 0.29) is 11.9 Å². The number of phenols is 1. The lowest BCUT2D eigenvalue weighted by Gasteiger charge is -2.04. The summed E-state index contributed by atoms with van der Waals surface area (Å²) < 4.78 is 0. The van der Waals surface area contributed by atoms with Gasteiger partial charge in [0.2, 0.25) is 0 Å². The van der Waals surface area contributed by atoms with Crippen LogP contribution in [0.4, 0.5) is 0 Å². The smallest absolute Gasteiger partial charge is 0.159 e. The molecule has 3 aromatic rings. The predicted octanol–water partition coefficient (Wildman–Crippen LogP) is 5.08. The average molecular weight is 360 g/mol. The number of nitrogens with zero attached hydrogens (tertiary/aromatic N) is 2. The first-order valence-corrected chi connectivity index (χ1v) is 9.18. The van der Waals surface area contributed by atoms with E-state index < -0.39 is 0 Å². The maximum Gasteiger partial charge on any atom is 0.159 e. The number of aliphatic hydroxyl groups is 1. The minimum Gasteiger partial charge on any atom is -0.508 e. The van der Waals surface area contributed by atoms with Gasteiger partial charge in [0.25, 0.3) is 0 Å². The molecule has 4 nitrogen and oxygen atoms in total. The molecule has 0 amide bonds. The molecule has 4 heteroatoms. The van der Waals surface area contributed by atoms with E-state index in [9.17, 15) is 10.2 Å². The molecule has 2 aromatic carbocycles. The second-order valence-electron chi connectivity index (χ2n) is 6.65. The van der Waals surface area contributed by atoms with Crippen molar-refractivity contribution >= 4 is 6.08 Å². The van der Waals surface area contributed by atoms with E-state index in [0.717, 1.165) is 41.5 Å². The molecule has 0 aliphatic carbocycles. The lowest BCUT2D eigenvalue weighted by molar-refractivity contribution is 0.182. The molecule has 0 spiro atoms. The standard InChI is InChI=1S/C23H24N2O2/c1-17(26)5-3-2-4-6-18-7-9-20(10-8-18)23-24-15-21(16-25-23)19-11-13-22(27)14-12-19/h4,6-17,26-27H,2-3,5H2,1H3/b6-4+. The molecular weight excluding hydrogens is 336 g/mol. The quantitative estimate of drug-likeness (QED) is 0.577. The minimum absolute atomic E-state index is 0.224. The molecule has 0 aliphatic rings. The Morgan fingerprint density at radius 1 is 0.889 bits per heavy atom. The molecule has 1 unspecified atom stereocenters. The highest BCUT2D eigenvalue weighted by atomic mass is 16.3. The van der Waals surface area contributed by atoms with Crippen LogP contribution in [-0.2, 0) is 0 Å². The van der Waals surface area contributed by atoms with Gasteiger partial charge >= 0.3 is 0 Å². The summed E-state index contributed by atoms with van der Waals surface area (Å²) in [4.78, 5) is 8.93. The van der Waals surface area contributed by atoms with Gasteiger partial charge in [-0.05, 0) is 49.4 Å². The Morgan fingerprint density at radius 3 is 2.15 bits per heavy atom. The number of aromatic nitrogens is 2. The number of aliphatic hydroxyl groups excluding tert-OH is 1. The number of hydrogen-bond acceptors (Lipinski definition) is 4. The number of benzene rings is 2. The van der Waals surface area contributed by atoms with E-state index in [4.69, 9.17) is 0 Å². The van der Waals surface area contributed by atoms with Crippen molar-refractivity contribution in [3.05, 3.63) is 72.6 Å². The highest BCUT2D eigenvalue weighted by Gasteiger charge is 2.03. The fraction of sp³-hybridized carbons (Fsp3) is 0.217. The molecule has 1 heterocycles. The fourth-order valence-electron chi connectivity index (χ4n) is 2.77. The number of allylic oxidation sites excluding steroid dienone is 1. The summed E-state index contributed by atoms with van der Waals surface area (Å²) in [5.41, 5.74) is 3.99. The Labute approximate surface area is 159 Å². The van der Waals surface area contributed by atoms with E-state index in [0.29, 0.717) is 5.82 Å². The van der Waals surface area contributed by atoms with Crippen molar-refractivity contribution in [2.45, 2.75) is 32.3 Å². The van der Waals surface area contributed by atoms with E-state index in [1.807, 2.05) is 31.2 Å². The van der Waals surface area contributed by atoms with E-state index in [1.54, 1.807) is 24.5 Å². The molecule has 0 radical (unpaired) electrons. The Hall–Kier alpha value is -2.98. The Kier molecular flexibility index (Phi) is 6.34. The number of aromatic hydroxyl groups is 1. The number of rotatable bonds is 7. The molecule has 2 N–H and O–H groups in total. The van der Waals surface area contributed by atoms with Gasteiger partial charge in [0.1, 0.15) is 5.75 Å². The second kappa shape index (κ2) is 9.10. The normalized spacial score (nSPS) is 12.4. The summed E-state index contributed by atoms with van der Waals surface area (Å²) in [6.45, 7) is 1.82. The van der Waals surface area contributed by atoms with Gasteiger partial charge in [0.05, 0.1) is 6.10 Å². The van der Waals surface area contributed by atoms with Crippen LogP contribution in [0.3, 0.4) is 0 Å². The van der Waals surface area contributed by atoms with Crippen LogP contribution in [0.25, 0.3) is 28.6 Å². The molecule has 0 saturated carbocycles. The zero-order chi connectivity index (χ0) is 19.1. The average Bonchev–Trinajstić information content (AvgIpc) is 2.69. The molecule has 3 rings (SSSR count). The summed E-state index contributed by atoms with van der Waals surface area (Å²) in [5.74, 6) is 0.929. The molecular formula is C23H24N2O2. The van der Waals surface area contributed by atoms with Gasteiger partial charge in [-0.1, -0.05) is 48.6 Å². The maximum atomic E-state index is 9.38. The van der Waals surface area contributed by atoms with Crippen molar-refractivity contribution in [1.82, 2.24) is 9.97 Å². The molecule has 1 atom stereocenters. The van der Waals surface area contributed by atoms with Crippen LogP contribution in [0.15, 0.2) is 67.0 Å². The third-order valence-corrected chi connectivity index (χ3v) is 4.32. The van der Waals surface area contributed by atoms with Gasteiger partial charge in [-0.15, -0.1) is 0 Å². The van der Waals surface area contributed by atoms with Crippen LogP contribution in [0.5, 0.6) is 5.75 Å². The lowest BCUT2D eigenvalue weighted by atomic mass is 10.1. The van der Waals surface area contributed by atoms with Crippen LogP contribution in [0, 0.1) is 0 Å². The van der Waals surface area contributed by atoms with Gasteiger partial charge in [-0.2, -0.15) is 0 Å². The van der Waals surface area contributed by atoms with Crippen molar-refractivity contribution in [1.29, 1.82) is 0 Å². The van der Waals surface area contributed by atoms with Gasteiger partial charge in [-0.3, -0.25) is 0 Å². The summed E-state index contributed by atoms with van der Waals surface area (Å²) in [7, 11) is 0. The van der Waals surface area contributed by atoms with Crippen molar-refractivity contribution in [3.63, 3.8) is 0 Å². The second-order valence-corrected chi connectivity index (χ2v) is 6.65. The van der Waals surface area contributed by atoms with Gasteiger partial charge in [0.15, 0.2) is 5.82 Å². The van der Waals surface area contributed by atoms with Crippen molar-refractivity contribution in [2.24, 2.45) is 0 Å². The number of unbranched alkanes of at least 4 members (excludes halogenated alkanes) is 1. The predicted molar refractivity (Wildman–Crippen MR) is 109 cm³/mol. The highest BCUT2D eigenvalue weighted by Crippen LogP contribution is 2.22. The third kappa shape index (κ3) is 5.50. The van der Waals surface area contributed by atoms with Crippen LogP contribution < -0.4 is 0 Å². The lowest BCUT2D eigenvalue weighted by Crippen LogP contribution is -1.97.